The third kappa shape index (κ3) is 5.35. The minimum Gasteiger partial charge on any atom is -0.493 e. The van der Waals surface area contributed by atoms with Gasteiger partial charge in [-0.15, -0.1) is 0 Å². The Hall–Kier alpha value is -2.68. The second-order valence-corrected chi connectivity index (χ2v) is 9.59. The smallest absolute Gasteiger partial charge is 0.282 e. The molecule has 0 atom stereocenters. The lowest BCUT2D eigenvalue weighted by molar-refractivity contribution is 0.284. The molecule has 9 heteroatoms. The average Bonchev–Trinajstić information content (AvgIpc) is 2.83. The van der Waals surface area contributed by atoms with Crippen LogP contribution in [0.25, 0.3) is 10.9 Å². The molecule has 0 saturated carbocycles. The molecule has 0 radical (unpaired) electrons. The SMILES string of the molecule is CCc1nc2ccc(Br)cc2c(=O)n1N=Cc1cc(Cl)c(OCc2ccc(Br)cc2)c(OC)c1. The Morgan fingerprint density at radius 3 is 2.53 bits per heavy atom. The lowest BCUT2D eigenvalue weighted by atomic mass is 10.2. The summed E-state index contributed by atoms with van der Waals surface area (Å²) in [6.07, 6.45) is 2.10. The molecule has 0 aliphatic rings. The first-order chi connectivity index (χ1) is 16.4. The Balaban J connectivity index is 1.65. The van der Waals surface area contributed by atoms with E-state index in [9.17, 15) is 4.79 Å². The Morgan fingerprint density at radius 1 is 1.09 bits per heavy atom. The number of ether oxygens (including phenoxy) is 2. The molecule has 1 aromatic heterocycles. The van der Waals surface area contributed by atoms with Gasteiger partial charge in [-0.1, -0.05) is 62.5 Å². The lowest BCUT2D eigenvalue weighted by Crippen LogP contribution is -2.22. The Morgan fingerprint density at radius 2 is 1.82 bits per heavy atom. The topological polar surface area (TPSA) is 65.7 Å². The number of rotatable bonds is 7. The maximum atomic E-state index is 13.1. The van der Waals surface area contributed by atoms with Gasteiger partial charge in [-0.2, -0.15) is 9.78 Å². The Labute approximate surface area is 218 Å². The highest BCUT2D eigenvalue weighted by Gasteiger charge is 2.13. The minimum absolute atomic E-state index is 0.244. The van der Waals surface area contributed by atoms with Crippen molar-refractivity contribution in [2.45, 2.75) is 20.0 Å². The molecule has 0 aliphatic heterocycles. The number of aromatic nitrogens is 2. The molecule has 34 heavy (non-hydrogen) atoms. The largest absolute Gasteiger partial charge is 0.493 e. The molecule has 0 saturated heterocycles. The molecule has 3 aromatic carbocycles. The minimum atomic E-state index is -0.244. The van der Waals surface area contributed by atoms with Crippen molar-refractivity contribution >= 4 is 60.6 Å². The highest BCUT2D eigenvalue weighted by molar-refractivity contribution is 9.10. The zero-order valence-electron chi connectivity index (χ0n) is 18.4. The number of hydrogen-bond donors (Lipinski definition) is 0. The lowest BCUT2D eigenvalue weighted by Gasteiger charge is -2.13. The van der Waals surface area contributed by atoms with Crippen LogP contribution < -0.4 is 15.0 Å². The normalized spacial score (nSPS) is 11.3. The fourth-order valence-corrected chi connectivity index (χ4v) is 4.26. The molecule has 0 aliphatic carbocycles. The molecule has 6 nitrogen and oxygen atoms in total. The van der Waals surface area contributed by atoms with Crippen molar-refractivity contribution < 1.29 is 9.47 Å². The fraction of sp³-hybridized carbons (Fsp3) is 0.160. The first-order valence-electron chi connectivity index (χ1n) is 10.4. The quantitative estimate of drug-likeness (QED) is 0.223. The Bertz CT molecular complexity index is 1440. The molecule has 0 N–H and O–H groups in total. The molecule has 0 spiro atoms. The van der Waals surface area contributed by atoms with Crippen LogP contribution in [0.15, 0.2) is 73.4 Å². The van der Waals surface area contributed by atoms with E-state index in [-0.39, 0.29) is 5.56 Å². The van der Waals surface area contributed by atoms with E-state index in [1.807, 2.05) is 43.3 Å². The van der Waals surface area contributed by atoms with Crippen LogP contribution in [0.2, 0.25) is 5.02 Å². The summed E-state index contributed by atoms with van der Waals surface area (Å²) in [6, 6.07) is 16.7. The van der Waals surface area contributed by atoms with Gasteiger partial charge in [0.1, 0.15) is 12.4 Å². The summed E-state index contributed by atoms with van der Waals surface area (Å²) >= 11 is 13.3. The second-order valence-electron chi connectivity index (χ2n) is 7.35. The van der Waals surface area contributed by atoms with E-state index in [1.54, 1.807) is 31.5 Å². The maximum absolute atomic E-state index is 13.1. The van der Waals surface area contributed by atoms with E-state index in [2.05, 4.69) is 41.9 Å². The number of methoxy groups -OCH3 is 1. The Kier molecular flexibility index (Phi) is 7.70. The summed E-state index contributed by atoms with van der Waals surface area (Å²) in [6.45, 7) is 2.26. The van der Waals surface area contributed by atoms with Gasteiger partial charge in [-0.25, -0.2) is 4.98 Å². The number of hydrogen-bond acceptors (Lipinski definition) is 5. The molecule has 0 amide bonds. The molecular formula is C25H20Br2ClN3O3. The second kappa shape index (κ2) is 10.7. The van der Waals surface area contributed by atoms with Crippen LogP contribution in [0.3, 0.4) is 0 Å². The third-order valence-corrected chi connectivity index (χ3v) is 6.36. The van der Waals surface area contributed by atoms with Crippen LogP contribution in [0.5, 0.6) is 11.5 Å². The molecule has 0 bridgehead atoms. The standard InChI is InChI=1S/C25H20Br2ClN3O3/c1-3-23-30-21-9-8-18(27)12-19(21)25(32)31(23)29-13-16-10-20(28)24(22(11-16)33-2)34-14-15-4-6-17(26)7-5-15/h4-13H,3,14H2,1-2H3. The third-order valence-electron chi connectivity index (χ3n) is 5.06. The van der Waals surface area contributed by atoms with Crippen LogP contribution in [0, 0.1) is 0 Å². The summed E-state index contributed by atoms with van der Waals surface area (Å²) in [5.41, 5.74) is 2.04. The van der Waals surface area contributed by atoms with Gasteiger partial charge in [0.15, 0.2) is 11.5 Å². The van der Waals surface area contributed by atoms with Crippen LogP contribution in [0.1, 0.15) is 23.9 Å². The monoisotopic (exact) mass is 603 g/mol. The van der Waals surface area contributed by atoms with E-state index >= 15 is 0 Å². The van der Waals surface area contributed by atoms with Crippen molar-refractivity contribution in [3.8, 4) is 11.5 Å². The van der Waals surface area contributed by atoms with Crippen LogP contribution in [-0.4, -0.2) is 23.0 Å². The van der Waals surface area contributed by atoms with Gasteiger partial charge in [0.05, 0.1) is 29.2 Å². The van der Waals surface area contributed by atoms with Gasteiger partial charge in [0.25, 0.3) is 5.56 Å². The zero-order valence-corrected chi connectivity index (χ0v) is 22.3. The summed E-state index contributed by atoms with van der Waals surface area (Å²) in [7, 11) is 1.55. The van der Waals surface area contributed by atoms with Gasteiger partial charge in [-0.3, -0.25) is 4.79 Å². The summed E-state index contributed by atoms with van der Waals surface area (Å²) in [5.74, 6) is 1.46. The predicted octanol–water partition coefficient (Wildman–Crippen LogP) is 6.61. The molecule has 0 fully saturated rings. The maximum Gasteiger partial charge on any atom is 0.282 e. The molecule has 0 unspecified atom stereocenters. The van der Waals surface area contributed by atoms with Crippen molar-refractivity contribution in [3.05, 3.63) is 95.9 Å². The molecule has 4 rings (SSSR count). The number of nitrogens with zero attached hydrogens (tertiary/aromatic N) is 3. The van der Waals surface area contributed by atoms with Crippen molar-refractivity contribution in [1.82, 2.24) is 9.66 Å². The first-order valence-corrected chi connectivity index (χ1v) is 12.4. The van der Waals surface area contributed by atoms with Crippen molar-refractivity contribution in [2.75, 3.05) is 7.11 Å². The van der Waals surface area contributed by atoms with Gasteiger partial charge < -0.3 is 9.47 Å². The van der Waals surface area contributed by atoms with E-state index in [0.29, 0.717) is 51.8 Å². The van der Waals surface area contributed by atoms with E-state index < -0.39 is 0 Å². The van der Waals surface area contributed by atoms with E-state index in [4.69, 9.17) is 21.1 Å². The van der Waals surface area contributed by atoms with Crippen molar-refractivity contribution in [3.63, 3.8) is 0 Å². The average molecular weight is 606 g/mol. The fourth-order valence-electron chi connectivity index (χ4n) is 3.36. The van der Waals surface area contributed by atoms with Gasteiger partial charge in [0, 0.05) is 15.4 Å². The highest BCUT2D eigenvalue weighted by atomic mass is 79.9. The van der Waals surface area contributed by atoms with Gasteiger partial charge in [0.2, 0.25) is 0 Å². The van der Waals surface area contributed by atoms with Crippen LogP contribution in [-0.2, 0) is 13.0 Å². The summed E-state index contributed by atoms with van der Waals surface area (Å²) in [4.78, 5) is 17.7. The number of fused-ring (bicyclic) bond motifs is 1. The predicted molar refractivity (Wildman–Crippen MR) is 143 cm³/mol. The first kappa shape index (κ1) is 24.4. The van der Waals surface area contributed by atoms with Crippen molar-refractivity contribution in [2.24, 2.45) is 5.10 Å². The molecular weight excluding hydrogens is 586 g/mol. The number of benzene rings is 3. The zero-order chi connectivity index (χ0) is 24.2. The number of aryl methyl sites for hydroxylation is 1. The van der Waals surface area contributed by atoms with Crippen LogP contribution >= 0.6 is 43.5 Å². The van der Waals surface area contributed by atoms with Gasteiger partial charge >= 0.3 is 0 Å². The van der Waals surface area contributed by atoms with Crippen molar-refractivity contribution in [1.29, 1.82) is 0 Å². The van der Waals surface area contributed by atoms with E-state index in [1.165, 1.54) is 4.68 Å². The van der Waals surface area contributed by atoms with Crippen LogP contribution in [0.4, 0.5) is 0 Å². The summed E-state index contributed by atoms with van der Waals surface area (Å²) < 4.78 is 14.5. The molecule has 4 aromatic rings. The highest BCUT2D eigenvalue weighted by Crippen LogP contribution is 2.36. The number of halogens is 3. The van der Waals surface area contributed by atoms with E-state index in [0.717, 1.165) is 14.5 Å². The summed E-state index contributed by atoms with van der Waals surface area (Å²) in [5, 5.41) is 5.28. The molecule has 174 valence electrons. The molecule has 1 heterocycles. The van der Waals surface area contributed by atoms with Gasteiger partial charge in [-0.05, 0) is 53.6 Å².